The molecule has 0 bridgehead atoms. The van der Waals surface area contributed by atoms with Crippen LogP contribution in [-0.2, 0) is 28.5 Å². The molecule has 20 heteroatoms. The summed E-state index contributed by atoms with van der Waals surface area (Å²) in [6.45, 7) is 16.8. The first kappa shape index (κ1) is 40.6. The maximum absolute atomic E-state index is 12.8. The largest absolute Gasteiger partial charge is 0.462 e. The van der Waals surface area contributed by atoms with E-state index in [1.54, 1.807) is 69.2 Å². The number of nitrogens with zero attached hydrogens (tertiary/aromatic N) is 4. The van der Waals surface area contributed by atoms with Gasteiger partial charge in [-0.2, -0.15) is 9.98 Å². The molecule has 0 radical (unpaired) electrons. The first-order valence-corrected chi connectivity index (χ1v) is 18.6. The number of hydrogen-bond acceptors (Lipinski definition) is 14. The Bertz CT molecular complexity index is 1550. The molecule has 2 heterocycles. The maximum Gasteiger partial charge on any atom is 0.427 e. The topological polar surface area (TPSA) is 198 Å². The van der Waals surface area contributed by atoms with E-state index in [9.17, 15) is 28.8 Å². The van der Waals surface area contributed by atoms with Gasteiger partial charge in [0.2, 0.25) is 9.60 Å². The van der Waals surface area contributed by atoms with Crippen LogP contribution in [0.1, 0.15) is 86.1 Å². The Hall–Kier alpha value is -3.62. The van der Waals surface area contributed by atoms with Crippen molar-refractivity contribution in [2.75, 3.05) is 35.6 Å². The van der Waals surface area contributed by atoms with E-state index >= 15 is 0 Å². The van der Waals surface area contributed by atoms with Gasteiger partial charge < -0.3 is 18.9 Å². The molecule has 0 fully saturated rings. The van der Waals surface area contributed by atoms with Crippen LogP contribution >= 0.6 is 44.3 Å². The molecule has 0 spiro atoms. The molecular formula is C28H40N6O10S4. The van der Waals surface area contributed by atoms with E-state index < -0.39 is 47.1 Å². The van der Waals surface area contributed by atoms with Crippen molar-refractivity contribution < 1.29 is 47.7 Å². The van der Waals surface area contributed by atoms with Gasteiger partial charge in [-0.25, -0.2) is 39.4 Å². The lowest BCUT2D eigenvalue weighted by Gasteiger charge is -2.20. The zero-order chi connectivity index (χ0) is 36.4. The number of amides is 4. The van der Waals surface area contributed by atoms with Crippen molar-refractivity contribution in [3.05, 3.63) is 30.7 Å². The van der Waals surface area contributed by atoms with E-state index in [0.717, 1.165) is 44.3 Å². The standard InChI is InChI=1S/C28H40N6O10S4/c1-11-41-21(37)19-15(3)33(31-25(39)43-27(5,6)7)23(47-19)29-17(35)13-45-46-14-18(36)30-24-34(32-26(40)44-28(8,9)10)16(4)20(48-24)22(38)42-12-2/h11-14H2,1-10H3,(H,31,39)(H,32,40). The molecular weight excluding hydrogens is 709 g/mol. The highest BCUT2D eigenvalue weighted by molar-refractivity contribution is 8.77. The van der Waals surface area contributed by atoms with Crippen molar-refractivity contribution in [2.24, 2.45) is 9.98 Å². The smallest absolute Gasteiger partial charge is 0.427 e. The lowest BCUT2D eigenvalue weighted by molar-refractivity contribution is -0.116. The molecule has 0 aromatic carbocycles. The third kappa shape index (κ3) is 12.8. The van der Waals surface area contributed by atoms with Gasteiger partial charge in [-0.15, -0.1) is 0 Å². The second-order valence-corrected chi connectivity index (χ2v) is 15.9. The van der Waals surface area contributed by atoms with Crippen molar-refractivity contribution in [2.45, 2.75) is 80.4 Å². The molecule has 0 saturated carbocycles. The van der Waals surface area contributed by atoms with Crippen LogP contribution in [0.25, 0.3) is 0 Å². The molecule has 0 aliphatic heterocycles. The molecule has 0 saturated heterocycles. The van der Waals surface area contributed by atoms with Gasteiger partial charge in [-0.1, -0.05) is 44.3 Å². The van der Waals surface area contributed by atoms with Crippen LogP contribution in [0.2, 0.25) is 0 Å². The molecule has 0 atom stereocenters. The Kier molecular flexibility index (Phi) is 14.9. The molecule has 0 unspecified atom stereocenters. The summed E-state index contributed by atoms with van der Waals surface area (Å²) in [7, 11) is 2.06. The second-order valence-electron chi connectivity index (χ2n) is 11.5. The molecule has 2 N–H and O–H groups in total. The lowest BCUT2D eigenvalue weighted by Crippen LogP contribution is -2.36. The fourth-order valence-corrected chi connectivity index (χ4v) is 6.91. The number of rotatable bonds is 11. The Morgan fingerprint density at radius 1 is 0.667 bits per heavy atom. The summed E-state index contributed by atoms with van der Waals surface area (Å²) in [6.07, 6.45) is -1.64. The molecule has 2 aromatic heterocycles. The van der Waals surface area contributed by atoms with Gasteiger partial charge >= 0.3 is 24.1 Å². The van der Waals surface area contributed by atoms with Crippen LogP contribution in [0.15, 0.2) is 9.98 Å². The first-order valence-electron chi connectivity index (χ1n) is 14.4. The monoisotopic (exact) mass is 748 g/mol. The predicted molar refractivity (Wildman–Crippen MR) is 183 cm³/mol. The summed E-state index contributed by atoms with van der Waals surface area (Å²) in [6, 6.07) is 0. The molecule has 2 rings (SSSR count). The average Bonchev–Trinajstić information content (AvgIpc) is 3.40. The maximum atomic E-state index is 12.8. The summed E-state index contributed by atoms with van der Waals surface area (Å²) in [5.41, 5.74) is 3.96. The fraction of sp³-hybridized carbons (Fsp3) is 0.571. The summed E-state index contributed by atoms with van der Waals surface area (Å²) in [5.74, 6) is -2.83. The summed E-state index contributed by atoms with van der Waals surface area (Å²) < 4.78 is 23.1. The van der Waals surface area contributed by atoms with Crippen molar-refractivity contribution >= 4 is 80.2 Å². The number of thiazole rings is 2. The number of carbonyl (C=O) groups is 6. The quantitative estimate of drug-likeness (QED) is 0.143. The highest BCUT2D eigenvalue weighted by Crippen LogP contribution is 2.22. The van der Waals surface area contributed by atoms with Crippen LogP contribution in [-0.4, -0.2) is 81.2 Å². The Balaban J connectivity index is 2.21. The lowest BCUT2D eigenvalue weighted by atomic mass is 10.2. The molecule has 0 aliphatic rings. The zero-order valence-electron chi connectivity index (χ0n) is 28.3. The van der Waals surface area contributed by atoms with Gasteiger partial charge in [0.25, 0.3) is 11.8 Å². The van der Waals surface area contributed by atoms with Crippen molar-refractivity contribution in [3.63, 3.8) is 0 Å². The Morgan fingerprint density at radius 3 is 1.29 bits per heavy atom. The third-order valence-electron chi connectivity index (χ3n) is 5.11. The van der Waals surface area contributed by atoms with Crippen LogP contribution in [0.5, 0.6) is 0 Å². The number of aromatic nitrogens is 2. The molecule has 266 valence electrons. The van der Waals surface area contributed by atoms with Crippen LogP contribution in [0, 0.1) is 13.8 Å². The van der Waals surface area contributed by atoms with Gasteiger partial charge in [-0.05, 0) is 69.2 Å². The van der Waals surface area contributed by atoms with E-state index in [1.165, 1.54) is 9.35 Å². The normalized spacial score (nSPS) is 12.4. The summed E-state index contributed by atoms with van der Waals surface area (Å²) in [4.78, 5) is 83.7. The van der Waals surface area contributed by atoms with E-state index in [0.29, 0.717) is 11.4 Å². The van der Waals surface area contributed by atoms with Crippen molar-refractivity contribution in [1.82, 2.24) is 9.35 Å². The van der Waals surface area contributed by atoms with E-state index in [4.69, 9.17) is 18.9 Å². The average molecular weight is 749 g/mol. The van der Waals surface area contributed by atoms with Gasteiger partial charge in [0.05, 0.1) is 36.1 Å². The number of nitrogens with one attached hydrogen (secondary N) is 2. The Morgan fingerprint density at radius 2 is 1.00 bits per heavy atom. The second kappa shape index (κ2) is 17.7. The van der Waals surface area contributed by atoms with Crippen LogP contribution in [0.4, 0.5) is 9.59 Å². The third-order valence-corrected chi connectivity index (χ3v) is 9.46. The number of hydrogen-bond donors (Lipinski definition) is 2. The van der Waals surface area contributed by atoms with E-state index in [2.05, 4.69) is 20.8 Å². The van der Waals surface area contributed by atoms with Crippen LogP contribution < -0.4 is 20.5 Å². The minimum absolute atomic E-state index is 0.00981. The first-order chi connectivity index (χ1) is 22.3. The van der Waals surface area contributed by atoms with Gasteiger partial charge in [0, 0.05) is 0 Å². The number of carbonyl (C=O) groups excluding carboxylic acids is 6. The molecule has 4 amide bonds. The van der Waals surface area contributed by atoms with Crippen LogP contribution in [0.3, 0.4) is 0 Å². The Labute approximate surface area is 293 Å². The zero-order valence-corrected chi connectivity index (χ0v) is 31.6. The fourth-order valence-electron chi connectivity index (χ4n) is 3.34. The number of ether oxygens (including phenoxy) is 4. The van der Waals surface area contributed by atoms with Gasteiger partial charge in [-0.3, -0.25) is 9.59 Å². The van der Waals surface area contributed by atoms with Gasteiger partial charge in [0.1, 0.15) is 21.0 Å². The van der Waals surface area contributed by atoms with E-state index in [-0.39, 0.29) is 44.1 Å². The predicted octanol–water partition coefficient (Wildman–Crippen LogP) is 4.28. The molecule has 0 aliphatic carbocycles. The van der Waals surface area contributed by atoms with Crippen molar-refractivity contribution in [3.8, 4) is 0 Å². The molecule has 2 aromatic rings. The van der Waals surface area contributed by atoms with Gasteiger partial charge in [0.15, 0.2) is 0 Å². The van der Waals surface area contributed by atoms with Crippen molar-refractivity contribution in [1.29, 1.82) is 0 Å². The summed E-state index contributed by atoms with van der Waals surface area (Å²) >= 11 is 1.71. The van der Waals surface area contributed by atoms with E-state index in [1.807, 2.05) is 0 Å². The number of esters is 2. The summed E-state index contributed by atoms with van der Waals surface area (Å²) in [5, 5.41) is 0. The SMILES string of the molecule is CCOC(=O)c1sc(=NC(=O)CSSCC(=O)N=c2sc(C(=O)OCC)c(C)n2NC(=O)OC(C)(C)C)n(NC(=O)OC(C)(C)C)c1C. The minimum atomic E-state index is -0.821. The highest BCUT2D eigenvalue weighted by Gasteiger charge is 2.24. The molecule has 48 heavy (non-hydrogen) atoms. The highest BCUT2D eigenvalue weighted by atomic mass is 33.1. The minimum Gasteiger partial charge on any atom is -0.462 e. The molecule has 16 nitrogen and oxygen atoms in total.